The van der Waals surface area contributed by atoms with Gasteiger partial charge < -0.3 is 4.52 Å². The average Bonchev–Trinajstić information content (AvgIpc) is 2.68. The number of rotatable bonds is 7. The molecule has 1 aromatic carbocycles. The molecule has 3 rings (SSSR count). The fourth-order valence-electron chi connectivity index (χ4n) is 4.82. The molecule has 0 amide bonds. The van der Waals surface area contributed by atoms with Gasteiger partial charge in [0.05, 0.1) is 6.10 Å². The summed E-state index contributed by atoms with van der Waals surface area (Å²) in [6.07, 6.45) is 13.4. The molecule has 2 nitrogen and oxygen atoms in total. The van der Waals surface area contributed by atoms with Crippen LogP contribution in [0.5, 0.6) is 0 Å². The van der Waals surface area contributed by atoms with E-state index >= 15 is 0 Å². The highest BCUT2D eigenvalue weighted by Crippen LogP contribution is 2.52. The van der Waals surface area contributed by atoms with Crippen LogP contribution in [0.25, 0.3) is 0 Å². The van der Waals surface area contributed by atoms with Gasteiger partial charge in [0, 0.05) is 11.5 Å². The summed E-state index contributed by atoms with van der Waals surface area (Å²) in [5.41, 5.74) is 0. The van der Waals surface area contributed by atoms with Gasteiger partial charge >= 0.3 is 0 Å². The van der Waals surface area contributed by atoms with Gasteiger partial charge in [-0.15, -0.1) is 0 Å². The Labute approximate surface area is 166 Å². The summed E-state index contributed by atoms with van der Waals surface area (Å²) in [6.45, 7) is 6.90. The summed E-state index contributed by atoms with van der Waals surface area (Å²) in [5, 5.41) is 0.914. The van der Waals surface area contributed by atoms with E-state index in [9.17, 15) is 4.57 Å². The number of hydrogen-bond donors (Lipinski definition) is 0. The Balaban J connectivity index is 1.78. The first-order valence-electron chi connectivity index (χ1n) is 11.0. The summed E-state index contributed by atoms with van der Waals surface area (Å²) in [4.78, 5) is 0. The van der Waals surface area contributed by atoms with E-state index in [-0.39, 0.29) is 6.10 Å². The molecule has 0 heterocycles. The molecule has 1 aromatic rings. The summed E-state index contributed by atoms with van der Waals surface area (Å²) in [6, 6.07) is 10.0. The van der Waals surface area contributed by atoms with E-state index < -0.39 is 7.37 Å². The van der Waals surface area contributed by atoms with Crippen LogP contribution in [0.15, 0.2) is 42.5 Å². The van der Waals surface area contributed by atoms with Crippen molar-refractivity contribution in [1.82, 2.24) is 0 Å². The molecule has 27 heavy (non-hydrogen) atoms. The SMILES string of the molecule is CC(C)[C@@H]1CC[C@@H](C)C[C@H]1O[P@@](=O)(CCC1CC=CCC1)c1ccccc1. The van der Waals surface area contributed by atoms with Gasteiger partial charge in [0.25, 0.3) is 0 Å². The molecule has 2 aliphatic rings. The Bertz CT molecular complexity index is 652. The molecule has 0 spiro atoms. The predicted octanol–water partition coefficient (Wildman–Crippen LogP) is 6.81. The van der Waals surface area contributed by atoms with Gasteiger partial charge in [-0.2, -0.15) is 0 Å². The zero-order valence-corrected chi connectivity index (χ0v) is 18.2. The van der Waals surface area contributed by atoms with Gasteiger partial charge in [-0.3, -0.25) is 4.57 Å². The molecule has 1 unspecified atom stereocenters. The second kappa shape index (κ2) is 9.57. The lowest BCUT2D eigenvalue weighted by Crippen LogP contribution is -2.35. The zero-order valence-electron chi connectivity index (χ0n) is 17.3. The fourth-order valence-corrected chi connectivity index (χ4v) is 7.32. The minimum Gasteiger partial charge on any atom is -0.322 e. The summed E-state index contributed by atoms with van der Waals surface area (Å²) >= 11 is 0. The highest BCUT2D eigenvalue weighted by Gasteiger charge is 2.37. The van der Waals surface area contributed by atoms with Gasteiger partial charge in [-0.1, -0.05) is 57.5 Å². The van der Waals surface area contributed by atoms with Crippen molar-refractivity contribution >= 4 is 12.7 Å². The molecular weight excluding hydrogens is 351 g/mol. The van der Waals surface area contributed by atoms with Gasteiger partial charge in [-0.05, 0) is 74.3 Å². The van der Waals surface area contributed by atoms with Crippen molar-refractivity contribution in [3.63, 3.8) is 0 Å². The van der Waals surface area contributed by atoms with Gasteiger partial charge in [0.2, 0.25) is 7.37 Å². The van der Waals surface area contributed by atoms with E-state index in [1.54, 1.807) is 0 Å². The molecule has 5 atom stereocenters. The zero-order chi connectivity index (χ0) is 19.3. The topological polar surface area (TPSA) is 26.3 Å². The van der Waals surface area contributed by atoms with E-state index in [2.05, 4.69) is 32.9 Å². The Morgan fingerprint density at radius 1 is 1.11 bits per heavy atom. The molecule has 0 N–H and O–H groups in total. The Kier molecular flexibility index (Phi) is 7.40. The third-order valence-corrected chi connectivity index (χ3v) is 9.17. The van der Waals surface area contributed by atoms with Crippen molar-refractivity contribution in [2.45, 2.75) is 71.8 Å². The van der Waals surface area contributed by atoms with Crippen molar-refractivity contribution in [2.75, 3.05) is 6.16 Å². The first-order chi connectivity index (χ1) is 13.0. The fraction of sp³-hybridized carbons (Fsp3) is 0.667. The lowest BCUT2D eigenvalue weighted by molar-refractivity contribution is 0.0496. The van der Waals surface area contributed by atoms with Crippen LogP contribution in [0.2, 0.25) is 0 Å². The maximum atomic E-state index is 14.2. The van der Waals surface area contributed by atoms with Gasteiger partial charge in [0.1, 0.15) is 0 Å². The van der Waals surface area contributed by atoms with Crippen LogP contribution < -0.4 is 5.30 Å². The maximum Gasteiger partial charge on any atom is 0.232 e. The van der Waals surface area contributed by atoms with Crippen LogP contribution >= 0.6 is 7.37 Å². The summed E-state index contributed by atoms with van der Waals surface area (Å²) in [7, 11) is -2.83. The molecular formula is C24H37O2P. The molecule has 2 aliphatic carbocycles. The monoisotopic (exact) mass is 388 g/mol. The van der Waals surface area contributed by atoms with Gasteiger partial charge in [0.15, 0.2) is 0 Å². The van der Waals surface area contributed by atoms with Crippen LogP contribution in [0.4, 0.5) is 0 Å². The van der Waals surface area contributed by atoms with Crippen LogP contribution in [0, 0.1) is 23.7 Å². The normalized spacial score (nSPS) is 31.0. The molecule has 3 heteroatoms. The molecule has 150 valence electrons. The van der Waals surface area contributed by atoms with Crippen molar-refractivity contribution in [3.05, 3.63) is 42.5 Å². The van der Waals surface area contributed by atoms with Crippen molar-refractivity contribution < 1.29 is 9.09 Å². The largest absolute Gasteiger partial charge is 0.322 e. The Morgan fingerprint density at radius 2 is 1.89 bits per heavy atom. The van der Waals surface area contributed by atoms with E-state index in [4.69, 9.17) is 4.52 Å². The quantitative estimate of drug-likeness (QED) is 0.379. The number of hydrogen-bond acceptors (Lipinski definition) is 2. The molecule has 0 aromatic heterocycles. The van der Waals surface area contributed by atoms with Crippen LogP contribution in [-0.4, -0.2) is 12.3 Å². The molecule has 0 saturated heterocycles. The minimum absolute atomic E-state index is 0.131. The highest BCUT2D eigenvalue weighted by molar-refractivity contribution is 7.67. The Hall–Kier alpha value is -0.850. The molecule has 0 bridgehead atoms. The van der Waals surface area contributed by atoms with E-state index in [0.29, 0.717) is 29.8 Å². The summed E-state index contributed by atoms with van der Waals surface area (Å²) < 4.78 is 20.8. The van der Waals surface area contributed by atoms with Crippen LogP contribution in [-0.2, 0) is 9.09 Å². The molecule has 1 fully saturated rings. The number of benzene rings is 1. The number of allylic oxidation sites excluding steroid dienone is 2. The Morgan fingerprint density at radius 3 is 2.56 bits per heavy atom. The van der Waals surface area contributed by atoms with Crippen molar-refractivity contribution in [3.8, 4) is 0 Å². The van der Waals surface area contributed by atoms with Crippen LogP contribution in [0.1, 0.15) is 65.7 Å². The highest BCUT2D eigenvalue weighted by atomic mass is 31.2. The summed E-state index contributed by atoms with van der Waals surface area (Å²) in [5.74, 6) is 2.42. The smallest absolute Gasteiger partial charge is 0.232 e. The second-order valence-corrected chi connectivity index (χ2v) is 11.7. The molecule has 0 radical (unpaired) electrons. The third kappa shape index (κ3) is 5.58. The van der Waals surface area contributed by atoms with Gasteiger partial charge in [-0.25, -0.2) is 0 Å². The van der Waals surface area contributed by atoms with Crippen molar-refractivity contribution in [2.24, 2.45) is 23.7 Å². The standard InChI is InChI=1S/C24H37O2P/c1-19(2)23-15-14-20(3)18-24(23)26-27(25,22-12-8-5-9-13-22)17-16-21-10-6-4-7-11-21/h4-6,8-9,12-13,19-21,23-24H,7,10-11,14-18H2,1-3H3/t20-,21?,23+,24-,27+/m1/s1. The van der Waals surface area contributed by atoms with Crippen LogP contribution in [0.3, 0.4) is 0 Å². The first-order valence-corrected chi connectivity index (χ1v) is 12.8. The molecule has 0 aliphatic heterocycles. The first kappa shape index (κ1) is 20.9. The van der Waals surface area contributed by atoms with E-state index in [1.165, 1.54) is 19.3 Å². The molecule has 1 saturated carbocycles. The lowest BCUT2D eigenvalue weighted by atomic mass is 9.75. The van der Waals surface area contributed by atoms with E-state index in [0.717, 1.165) is 31.0 Å². The predicted molar refractivity (Wildman–Crippen MR) is 116 cm³/mol. The average molecular weight is 389 g/mol. The second-order valence-electron chi connectivity index (χ2n) is 9.14. The maximum absolute atomic E-state index is 14.2. The lowest BCUT2D eigenvalue weighted by Gasteiger charge is -2.39. The van der Waals surface area contributed by atoms with E-state index in [1.807, 2.05) is 30.3 Å². The third-order valence-electron chi connectivity index (χ3n) is 6.63. The minimum atomic E-state index is -2.83. The van der Waals surface area contributed by atoms with Crippen molar-refractivity contribution in [1.29, 1.82) is 0 Å².